The maximum Gasteiger partial charge on any atom is 0.416 e. The highest BCUT2D eigenvalue weighted by atomic mass is 16.6. The molecular weight excluding hydrogens is 224 g/mol. The molecule has 1 atom stereocenters. The summed E-state index contributed by atoms with van der Waals surface area (Å²) in [5.41, 5.74) is 0. The summed E-state index contributed by atoms with van der Waals surface area (Å²) >= 11 is 0. The van der Waals surface area contributed by atoms with Gasteiger partial charge in [-0.25, -0.2) is 9.69 Å². The lowest BCUT2D eigenvalue weighted by molar-refractivity contribution is -0.130. The molecule has 2 aliphatic heterocycles. The van der Waals surface area contributed by atoms with Crippen LogP contribution < -0.4 is 0 Å². The number of carbonyl (C=O) groups is 3. The summed E-state index contributed by atoms with van der Waals surface area (Å²) < 4.78 is 4.71. The molecule has 0 bridgehead atoms. The zero-order chi connectivity index (χ0) is 12.3. The van der Waals surface area contributed by atoms with Crippen molar-refractivity contribution in [1.29, 1.82) is 0 Å². The molecule has 6 nitrogen and oxygen atoms in total. The smallest absolute Gasteiger partial charge is 0.416 e. The maximum atomic E-state index is 11.8. The third-order valence-electron chi connectivity index (χ3n) is 3.16. The fraction of sp³-hybridized carbons (Fsp3) is 0.727. The standard InChI is InChI=1S/C11H16N2O4/c14-8-9-2-1-3-12(6-9)7-10(15)13-4-5-17-11(13)16/h8-9H,1-7H2. The zero-order valence-electron chi connectivity index (χ0n) is 9.63. The molecule has 17 heavy (non-hydrogen) atoms. The van der Waals surface area contributed by atoms with Gasteiger partial charge in [0.2, 0.25) is 5.91 Å². The van der Waals surface area contributed by atoms with E-state index in [1.807, 2.05) is 4.90 Å². The van der Waals surface area contributed by atoms with E-state index < -0.39 is 6.09 Å². The summed E-state index contributed by atoms with van der Waals surface area (Å²) in [6.07, 6.45) is 2.20. The number of aldehydes is 1. The van der Waals surface area contributed by atoms with E-state index in [2.05, 4.69) is 0 Å². The number of likely N-dealkylation sites (tertiary alicyclic amines) is 1. The van der Waals surface area contributed by atoms with E-state index in [9.17, 15) is 14.4 Å². The van der Waals surface area contributed by atoms with Crippen LogP contribution in [0.5, 0.6) is 0 Å². The summed E-state index contributed by atoms with van der Waals surface area (Å²) in [6, 6.07) is 0. The topological polar surface area (TPSA) is 66.9 Å². The van der Waals surface area contributed by atoms with Gasteiger partial charge in [-0.1, -0.05) is 0 Å². The monoisotopic (exact) mass is 240 g/mol. The first-order valence-corrected chi connectivity index (χ1v) is 5.85. The largest absolute Gasteiger partial charge is 0.447 e. The van der Waals surface area contributed by atoms with Crippen LogP contribution in [0.3, 0.4) is 0 Å². The first-order chi connectivity index (χ1) is 8.20. The zero-order valence-corrected chi connectivity index (χ0v) is 9.63. The highest BCUT2D eigenvalue weighted by Gasteiger charge is 2.30. The van der Waals surface area contributed by atoms with Crippen molar-refractivity contribution >= 4 is 18.3 Å². The van der Waals surface area contributed by atoms with Crippen molar-refractivity contribution < 1.29 is 19.1 Å². The van der Waals surface area contributed by atoms with Crippen molar-refractivity contribution in [3.8, 4) is 0 Å². The quantitative estimate of drug-likeness (QED) is 0.643. The Kier molecular flexibility index (Phi) is 3.73. The molecule has 2 rings (SSSR count). The molecule has 2 fully saturated rings. The summed E-state index contributed by atoms with van der Waals surface area (Å²) in [6.45, 7) is 2.22. The molecule has 0 spiro atoms. The van der Waals surface area contributed by atoms with Gasteiger partial charge in [0.05, 0.1) is 13.1 Å². The number of ether oxygens (including phenoxy) is 1. The van der Waals surface area contributed by atoms with Crippen LogP contribution >= 0.6 is 0 Å². The molecule has 2 saturated heterocycles. The van der Waals surface area contributed by atoms with E-state index in [1.54, 1.807) is 0 Å². The Morgan fingerprint density at radius 3 is 2.94 bits per heavy atom. The van der Waals surface area contributed by atoms with Gasteiger partial charge in [0.15, 0.2) is 0 Å². The molecule has 0 saturated carbocycles. The van der Waals surface area contributed by atoms with Crippen molar-refractivity contribution in [3.63, 3.8) is 0 Å². The molecule has 0 radical (unpaired) electrons. The van der Waals surface area contributed by atoms with Crippen molar-refractivity contribution in [2.45, 2.75) is 12.8 Å². The molecule has 0 aliphatic carbocycles. The fourth-order valence-electron chi connectivity index (χ4n) is 2.24. The molecule has 0 aromatic rings. The van der Waals surface area contributed by atoms with Crippen LogP contribution in [0.25, 0.3) is 0 Å². The van der Waals surface area contributed by atoms with E-state index in [0.717, 1.165) is 30.6 Å². The van der Waals surface area contributed by atoms with Crippen LogP contribution in [0.2, 0.25) is 0 Å². The number of piperidine rings is 1. The molecule has 2 heterocycles. The lowest BCUT2D eigenvalue weighted by Crippen LogP contribution is -2.44. The number of nitrogens with zero attached hydrogens (tertiary/aromatic N) is 2. The van der Waals surface area contributed by atoms with E-state index in [0.29, 0.717) is 13.1 Å². The highest BCUT2D eigenvalue weighted by Crippen LogP contribution is 2.14. The molecule has 2 aliphatic rings. The Bertz CT molecular complexity index is 331. The third-order valence-corrected chi connectivity index (χ3v) is 3.16. The lowest BCUT2D eigenvalue weighted by atomic mass is 10.00. The predicted octanol–water partition coefficient (Wildman–Crippen LogP) is -0.124. The lowest BCUT2D eigenvalue weighted by Gasteiger charge is -2.30. The number of hydrogen-bond donors (Lipinski definition) is 0. The van der Waals surface area contributed by atoms with Gasteiger partial charge in [-0.05, 0) is 19.4 Å². The Hall–Kier alpha value is -1.43. The summed E-state index contributed by atoms with van der Waals surface area (Å²) in [5, 5.41) is 0. The Morgan fingerprint density at radius 1 is 1.47 bits per heavy atom. The minimum absolute atomic E-state index is 0.0158. The Balaban J connectivity index is 1.85. The highest BCUT2D eigenvalue weighted by molar-refractivity contribution is 5.94. The maximum absolute atomic E-state index is 11.8. The van der Waals surface area contributed by atoms with E-state index in [1.165, 1.54) is 0 Å². The van der Waals surface area contributed by atoms with Crippen molar-refractivity contribution in [3.05, 3.63) is 0 Å². The van der Waals surface area contributed by atoms with Crippen LogP contribution in [-0.2, 0) is 14.3 Å². The van der Waals surface area contributed by atoms with Crippen LogP contribution in [0.4, 0.5) is 4.79 Å². The minimum Gasteiger partial charge on any atom is -0.447 e. The van der Waals surface area contributed by atoms with Gasteiger partial charge in [0.25, 0.3) is 0 Å². The van der Waals surface area contributed by atoms with Crippen LogP contribution in [0, 0.1) is 5.92 Å². The molecule has 0 aromatic carbocycles. The minimum atomic E-state index is -0.557. The number of hydrogen-bond acceptors (Lipinski definition) is 5. The third kappa shape index (κ3) is 2.82. The van der Waals surface area contributed by atoms with Crippen LogP contribution in [0.1, 0.15) is 12.8 Å². The second-order valence-corrected chi connectivity index (χ2v) is 4.43. The normalized spacial score (nSPS) is 25.8. The molecular formula is C11H16N2O4. The second kappa shape index (κ2) is 5.27. The fourth-order valence-corrected chi connectivity index (χ4v) is 2.24. The molecule has 0 N–H and O–H groups in total. The molecule has 1 unspecified atom stereocenters. The van der Waals surface area contributed by atoms with Gasteiger partial charge >= 0.3 is 6.09 Å². The van der Waals surface area contributed by atoms with Crippen molar-refractivity contribution in [1.82, 2.24) is 9.80 Å². The van der Waals surface area contributed by atoms with Crippen LogP contribution in [0.15, 0.2) is 0 Å². The summed E-state index contributed by atoms with van der Waals surface area (Å²) in [5.74, 6) is -0.221. The van der Waals surface area contributed by atoms with Gasteiger partial charge in [-0.2, -0.15) is 0 Å². The molecule has 2 amide bonds. The van der Waals surface area contributed by atoms with Gasteiger partial charge in [0, 0.05) is 12.5 Å². The van der Waals surface area contributed by atoms with E-state index in [-0.39, 0.29) is 25.0 Å². The first-order valence-electron chi connectivity index (χ1n) is 5.85. The average Bonchev–Trinajstić information content (AvgIpc) is 2.76. The molecule has 0 aromatic heterocycles. The SMILES string of the molecule is O=CC1CCCN(CC(=O)N2CCOC2=O)C1. The summed E-state index contributed by atoms with van der Waals surface area (Å²) in [7, 11) is 0. The van der Waals surface area contributed by atoms with E-state index in [4.69, 9.17) is 4.74 Å². The van der Waals surface area contributed by atoms with E-state index >= 15 is 0 Å². The van der Waals surface area contributed by atoms with Crippen molar-refractivity contribution in [2.75, 3.05) is 32.8 Å². The number of carbonyl (C=O) groups excluding carboxylic acids is 3. The average molecular weight is 240 g/mol. The number of rotatable bonds is 3. The Morgan fingerprint density at radius 2 is 2.29 bits per heavy atom. The number of cyclic esters (lactones) is 1. The van der Waals surface area contributed by atoms with Gasteiger partial charge in [0.1, 0.15) is 12.9 Å². The second-order valence-electron chi connectivity index (χ2n) is 4.43. The summed E-state index contributed by atoms with van der Waals surface area (Å²) in [4.78, 5) is 36.8. The van der Waals surface area contributed by atoms with Gasteiger partial charge in [-0.15, -0.1) is 0 Å². The number of imide groups is 1. The van der Waals surface area contributed by atoms with Crippen LogP contribution in [-0.4, -0.2) is 60.9 Å². The molecule has 94 valence electrons. The first kappa shape index (κ1) is 12.0. The Labute approximate surface area is 99.5 Å². The number of amides is 2. The predicted molar refractivity (Wildman–Crippen MR) is 58.3 cm³/mol. The molecule has 6 heteroatoms. The van der Waals surface area contributed by atoms with Crippen molar-refractivity contribution in [2.24, 2.45) is 5.92 Å². The van der Waals surface area contributed by atoms with Gasteiger partial charge in [-0.3, -0.25) is 9.69 Å². The van der Waals surface area contributed by atoms with Gasteiger partial charge < -0.3 is 9.53 Å².